The van der Waals surface area contributed by atoms with Gasteiger partial charge < -0.3 is 4.90 Å². The molecule has 0 bridgehead atoms. The molecule has 0 saturated carbocycles. The van der Waals surface area contributed by atoms with Crippen LogP contribution in [-0.2, 0) is 6.54 Å². The lowest BCUT2D eigenvalue weighted by molar-refractivity contribution is 0.324. The molecule has 1 aromatic carbocycles. The standard InChI is InChI=1S/C11H14BrClFN/c1-8(13)6-15(2)7-9-3-4-10(12)5-11(9)14/h3-5,8H,6-7H2,1-2H3. The van der Waals surface area contributed by atoms with Crippen LogP contribution in [0.25, 0.3) is 0 Å². The number of benzene rings is 1. The van der Waals surface area contributed by atoms with Gasteiger partial charge in [0.2, 0.25) is 0 Å². The summed E-state index contributed by atoms with van der Waals surface area (Å²) >= 11 is 9.09. The molecular weight excluding hydrogens is 280 g/mol. The van der Waals surface area contributed by atoms with E-state index in [2.05, 4.69) is 15.9 Å². The van der Waals surface area contributed by atoms with E-state index in [0.717, 1.165) is 11.0 Å². The molecule has 0 aliphatic rings. The molecule has 0 amide bonds. The lowest BCUT2D eigenvalue weighted by Crippen LogP contribution is -2.24. The van der Waals surface area contributed by atoms with Crippen molar-refractivity contribution in [2.24, 2.45) is 0 Å². The van der Waals surface area contributed by atoms with Gasteiger partial charge in [-0.15, -0.1) is 11.6 Å². The maximum Gasteiger partial charge on any atom is 0.128 e. The van der Waals surface area contributed by atoms with Gasteiger partial charge in [-0.3, -0.25) is 0 Å². The second kappa shape index (κ2) is 5.83. The van der Waals surface area contributed by atoms with Crippen molar-refractivity contribution in [1.29, 1.82) is 0 Å². The molecule has 1 nitrogen and oxygen atoms in total. The topological polar surface area (TPSA) is 3.24 Å². The van der Waals surface area contributed by atoms with Gasteiger partial charge in [0, 0.05) is 28.5 Å². The summed E-state index contributed by atoms with van der Waals surface area (Å²) in [4.78, 5) is 2.00. The Kier molecular flexibility index (Phi) is 5.03. The molecule has 0 spiro atoms. The quantitative estimate of drug-likeness (QED) is 0.766. The summed E-state index contributed by atoms with van der Waals surface area (Å²) in [6.07, 6.45) is 0. The van der Waals surface area contributed by atoms with E-state index in [4.69, 9.17) is 11.6 Å². The Bertz CT molecular complexity index is 330. The highest BCUT2D eigenvalue weighted by Gasteiger charge is 2.07. The minimum Gasteiger partial charge on any atom is -0.301 e. The molecule has 4 heteroatoms. The van der Waals surface area contributed by atoms with Crippen molar-refractivity contribution in [2.75, 3.05) is 13.6 Å². The smallest absolute Gasteiger partial charge is 0.128 e. The van der Waals surface area contributed by atoms with Gasteiger partial charge in [0.15, 0.2) is 0 Å². The van der Waals surface area contributed by atoms with Gasteiger partial charge in [-0.2, -0.15) is 0 Å². The fourth-order valence-electron chi connectivity index (χ4n) is 1.43. The number of halogens is 3. The lowest BCUT2D eigenvalue weighted by atomic mass is 10.2. The Labute approximate surface area is 103 Å². The first-order chi connectivity index (χ1) is 6.99. The highest BCUT2D eigenvalue weighted by atomic mass is 79.9. The third-order valence-electron chi connectivity index (χ3n) is 2.02. The largest absolute Gasteiger partial charge is 0.301 e. The van der Waals surface area contributed by atoms with Crippen molar-refractivity contribution in [2.45, 2.75) is 18.8 Å². The zero-order chi connectivity index (χ0) is 11.4. The van der Waals surface area contributed by atoms with Gasteiger partial charge in [-0.1, -0.05) is 22.0 Å². The van der Waals surface area contributed by atoms with Crippen LogP contribution in [0, 0.1) is 5.82 Å². The molecule has 0 fully saturated rings. The van der Waals surface area contributed by atoms with Crippen molar-refractivity contribution in [1.82, 2.24) is 4.90 Å². The monoisotopic (exact) mass is 293 g/mol. The predicted molar refractivity (Wildman–Crippen MR) is 65.7 cm³/mol. The highest BCUT2D eigenvalue weighted by molar-refractivity contribution is 9.10. The summed E-state index contributed by atoms with van der Waals surface area (Å²) in [6, 6.07) is 5.11. The van der Waals surface area contributed by atoms with Crippen LogP contribution >= 0.6 is 27.5 Å². The van der Waals surface area contributed by atoms with Crippen LogP contribution in [0.5, 0.6) is 0 Å². The second-order valence-corrected chi connectivity index (χ2v) is 5.37. The van der Waals surface area contributed by atoms with Crippen molar-refractivity contribution < 1.29 is 4.39 Å². The maximum atomic E-state index is 13.5. The SMILES string of the molecule is CC(Cl)CN(C)Cc1ccc(Br)cc1F. The Morgan fingerprint density at radius 2 is 2.20 bits per heavy atom. The Morgan fingerprint density at radius 1 is 1.53 bits per heavy atom. The first-order valence-corrected chi connectivity index (χ1v) is 5.98. The molecule has 1 atom stereocenters. The Morgan fingerprint density at radius 3 is 2.73 bits per heavy atom. The predicted octanol–water partition coefficient (Wildman–Crippen LogP) is 3.65. The van der Waals surface area contributed by atoms with Gasteiger partial charge in [0.05, 0.1) is 0 Å². The summed E-state index contributed by atoms with van der Waals surface area (Å²) in [6.45, 7) is 3.25. The number of hydrogen-bond donors (Lipinski definition) is 0. The average Bonchev–Trinajstić information content (AvgIpc) is 2.08. The maximum absolute atomic E-state index is 13.5. The number of alkyl halides is 1. The molecule has 1 unspecified atom stereocenters. The number of rotatable bonds is 4. The third-order valence-corrected chi connectivity index (χ3v) is 2.65. The second-order valence-electron chi connectivity index (χ2n) is 3.71. The summed E-state index contributed by atoms with van der Waals surface area (Å²) in [5.41, 5.74) is 0.693. The van der Waals surface area contributed by atoms with Crippen LogP contribution in [0.15, 0.2) is 22.7 Å². The first kappa shape index (κ1) is 12.9. The molecule has 0 heterocycles. The fourth-order valence-corrected chi connectivity index (χ4v) is 2.00. The highest BCUT2D eigenvalue weighted by Crippen LogP contribution is 2.16. The minimum atomic E-state index is -0.182. The summed E-state index contributed by atoms with van der Waals surface area (Å²) in [5.74, 6) is -0.182. The van der Waals surface area contributed by atoms with Crippen LogP contribution in [-0.4, -0.2) is 23.9 Å². The molecular formula is C11H14BrClFN. The summed E-state index contributed by atoms with van der Waals surface area (Å²) < 4.78 is 14.2. The first-order valence-electron chi connectivity index (χ1n) is 4.75. The molecule has 0 N–H and O–H groups in total. The molecule has 0 saturated heterocycles. The lowest BCUT2D eigenvalue weighted by Gasteiger charge is -2.18. The van der Waals surface area contributed by atoms with E-state index in [-0.39, 0.29) is 11.2 Å². The molecule has 0 aliphatic carbocycles. The molecule has 0 radical (unpaired) electrons. The van der Waals surface area contributed by atoms with E-state index in [9.17, 15) is 4.39 Å². The zero-order valence-electron chi connectivity index (χ0n) is 8.80. The van der Waals surface area contributed by atoms with Crippen LogP contribution in [0.3, 0.4) is 0 Å². The Hall–Kier alpha value is -0.120. The van der Waals surface area contributed by atoms with E-state index in [1.807, 2.05) is 24.9 Å². The van der Waals surface area contributed by atoms with Crippen molar-refractivity contribution in [3.63, 3.8) is 0 Å². The minimum absolute atomic E-state index is 0.0773. The Balaban J connectivity index is 2.64. The van der Waals surface area contributed by atoms with E-state index < -0.39 is 0 Å². The van der Waals surface area contributed by atoms with Gasteiger partial charge in [-0.05, 0) is 26.1 Å². The third kappa shape index (κ3) is 4.49. The van der Waals surface area contributed by atoms with E-state index in [1.54, 1.807) is 6.07 Å². The van der Waals surface area contributed by atoms with Crippen LogP contribution < -0.4 is 0 Å². The zero-order valence-corrected chi connectivity index (χ0v) is 11.1. The fraction of sp³-hybridized carbons (Fsp3) is 0.455. The normalized spacial score (nSPS) is 13.2. The molecule has 1 aromatic rings. The molecule has 0 aliphatic heterocycles. The van der Waals surface area contributed by atoms with Crippen molar-refractivity contribution in [3.8, 4) is 0 Å². The van der Waals surface area contributed by atoms with Crippen LogP contribution in [0.4, 0.5) is 4.39 Å². The molecule has 0 aromatic heterocycles. The van der Waals surface area contributed by atoms with Gasteiger partial charge in [0.25, 0.3) is 0 Å². The number of nitrogens with zero attached hydrogens (tertiary/aromatic N) is 1. The van der Waals surface area contributed by atoms with E-state index >= 15 is 0 Å². The van der Waals surface area contributed by atoms with Gasteiger partial charge in [0.1, 0.15) is 5.82 Å². The molecule has 1 rings (SSSR count). The van der Waals surface area contributed by atoms with Crippen molar-refractivity contribution >= 4 is 27.5 Å². The summed E-state index contributed by atoms with van der Waals surface area (Å²) in [7, 11) is 1.93. The molecule has 15 heavy (non-hydrogen) atoms. The summed E-state index contributed by atoms with van der Waals surface area (Å²) in [5, 5.41) is 0.0773. The number of hydrogen-bond acceptors (Lipinski definition) is 1. The van der Waals surface area contributed by atoms with E-state index in [1.165, 1.54) is 6.07 Å². The van der Waals surface area contributed by atoms with Crippen LogP contribution in [0.1, 0.15) is 12.5 Å². The van der Waals surface area contributed by atoms with Gasteiger partial charge in [-0.25, -0.2) is 4.39 Å². The molecule has 84 valence electrons. The van der Waals surface area contributed by atoms with Crippen LogP contribution in [0.2, 0.25) is 0 Å². The average molecular weight is 295 g/mol. The van der Waals surface area contributed by atoms with Crippen molar-refractivity contribution in [3.05, 3.63) is 34.1 Å². The van der Waals surface area contributed by atoms with E-state index in [0.29, 0.717) is 12.1 Å². The van der Waals surface area contributed by atoms with Gasteiger partial charge >= 0.3 is 0 Å².